The predicted octanol–water partition coefficient (Wildman–Crippen LogP) is -0.640. The number of rotatable bonds is 3. The molecule has 0 spiro atoms. The summed E-state index contributed by atoms with van der Waals surface area (Å²) in [5, 5.41) is 8.17. The van der Waals surface area contributed by atoms with Crippen molar-refractivity contribution in [3.63, 3.8) is 0 Å². The van der Waals surface area contributed by atoms with Crippen LogP contribution in [0.3, 0.4) is 0 Å². The molecule has 0 atom stereocenters. The third-order valence-corrected chi connectivity index (χ3v) is 5.23. The van der Waals surface area contributed by atoms with Crippen molar-refractivity contribution in [1.29, 1.82) is 0 Å². The third-order valence-electron chi connectivity index (χ3n) is 4.26. The number of nitrogens with two attached hydrogens (primary N) is 1. The molecule has 10 heteroatoms. The molecule has 0 bridgehead atoms. The highest BCUT2D eigenvalue weighted by Gasteiger charge is 2.28. The molecule has 0 aliphatic carbocycles. The first kappa shape index (κ1) is 16.1. The number of hydrogen-bond donors (Lipinski definition) is 6. The number of benzene rings is 2. The van der Waals surface area contributed by atoms with Crippen molar-refractivity contribution in [2.24, 2.45) is 5.14 Å². The van der Waals surface area contributed by atoms with Gasteiger partial charge in [-0.1, -0.05) is 24.3 Å². The standard InChI is InChI=1S/C15H16N6O3S/c16-25(23,24)12-3-1-2-10(13(12)14-18-20-21-19-14)8-4-5-9-7-17-15(22)11(9)6-8/h1-6,14,18-21H,7H2,(H,17,22)(H2,16,23,24). The first-order chi connectivity index (χ1) is 11.9. The van der Waals surface area contributed by atoms with Crippen LogP contribution in [0.4, 0.5) is 0 Å². The molecule has 4 rings (SSSR count). The minimum absolute atomic E-state index is 0.00505. The first-order valence-corrected chi connectivity index (χ1v) is 9.08. The molecule has 1 fully saturated rings. The fraction of sp³-hybridized carbons (Fsp3) is 0.133. The van der Waals surface area contributed by atoms with E-state index in [4.69, 9.17) is 5.14 Å². The fourth-order valence-corrected chi connectivity index (χ4v) is 3.92. The van der Waals surface area contributed by atoms with Crippen LogP contribution in [0.25, 0.3) is 11.1 Å². The van der Waals surface area contributed by atoms with E-state index < -0.39 is 16.2 Å². The molecule has 2 aliphatic heterocycles. The van der Waals surface area contributed by atoms with Crippen LogP contribution in [-0.2, 0) is 16.6 Å². The lowest BCUT2D eigenvalue weighted by Crippen LogP contribution is -2.33. The summed E-state index contributed by atoms with van der Waals surface area (Å²) in [6, 6.07) is 10.4. The van der Waals surface area contributed by atoms with Gasteiger partial charge in [0.2, 0.25) is 10.0 Å². The molecule has 2 aliphatic rings. The van der Waals surface area contributed by atoms with Crippen LogP contribution >= 0.6 is 0 Å². The zero-order chi connectivity index (χ0) is 17.6. The lowest BCUT2D eigenvalue weighted by Gasteiger charge is -2.19. The van der Waals surface area contributed by atoms with Crippen molar-refractivity contribution >= 4 is 15.9 Å². The molecule has 1 amide bonds. The fourth-order valence-electron chi connectivity index (χ4n) is 3.12. The van der Waals surface area contributed by atoms with Crippen molar-refractivity contribution in [2.75, 3.05) is 0 Å². The van der Waals surface area contributed by atoms with E-state index in [9.17, 15) is 13.2 Å². The van der Waals surface area contributed by atoms with E-state index >= 15 is 0 Å². The topological polar surface area (TPSA) is 137 Å². The Morgan fingerprint density at radius 2 is 1.80 bits per heavy atom. The van der Waals surface area contributed by atoms with E-state index in [1.54, 1.807) is 18.2 Å². The summed E-state index contributed by atoms with van der Waals surface area (Å²) in [6.45, 7) is 0.498. The van der Waals surface area contributed by atoms with Gasteiger partial charge in [0.05, 0.1) is 4.90 Å². The lowest BCUT2D eigenvalue weighted by atomic mass is 9.95. The third kappa shape index (κ3) is 2.80. The number of hydrazine groups is 3. The largest absolute Gasteiger partial charge is 0.348 e. The van der Waals surface area contributed by atoms with Gasteiger partial charge in [-0.05, 0) is 28.8 Å². The molecule has 2 aromatic carbocycles. The van der Waals surface area contributed by atoms with E-state index in [0.29, 0.717) is 23.2 Å². The zero-order valence-corrected chi connectivity index (χ0v) is 13.8. The number of carbonyl (C=O) groups excluding carboxylic acids is 1. The summed E-state index contributed by atoms with van der Waals surface area (Å²) in [5.74, 6) is -0.138. The van der Waals surface area contributed by atoms with Crippen molar-refractivity contribution in [1.82, 2.24) is 27.2 Å². The minimum atomic E-state index is -3.94. The molecular formula is C15H16N6O3S. The van der Waals surface area contributed by atoms with E-state index in [0.717, 1.165) is 11.1 Å². The summed E-state index contributed by atoms with van der Waals surface area (Å²) in [5.41, 5.74) is 14.5. The van der Waals surface area contributed by atoms with Gasteiger partial charge in [0.25, 0.3) is 5.91 Å². The van der Waals surface area contributed by atoms with E-state index in [1.807, 2.05) is 12.1 Å². The Bertz CT molecular complexity index is 969. The molecule has 130 valence electrons. The van der Waals surface area contributed by atoms with Crippen LogP contribution in [0.2, 0.25) is 0 Å². The zero-order valence-electron chi connectivity index (χ0n) is 13.0. The molecule has 25 heavy (non-hydrogen) atoms. The summed E-state index contributed by atoms with van der Waals surface area (Å²) < 4.78 is 24.1. The smallest absolute Gasteiger partial charge is 0.251 e. The van der Waals surface area contributed by atoms with Gasteiger partial charge in [0.1, 0.15) is 6.17 Å². The molecule has 9 nitrogen and oxygen atoms in total. The number of carbonyl (C=O) groups is 1. The maximum atomic E-state index is 12.1. The van der Waals surface area contributed by atoms with Gasteiger partial charge in [-0.15, -0.1) is 0 Å². The average molecular weight is 360 g/mol. The number of primary sulfonamides is 1. The highest BCUT2D eigenvalue weighted by molar-refractivity contribution is 7.89. The first-order valence-electron chi connectivity index (χ1n) is 7.53. The Hall–Kier alpha value is -2.34. The Morgan fingerprint density at radius 3 is 2.52 bits per heavy atom. The minimum Gasteiger partial charge on any atom is -0.348 e. The summed E-state index contributed by atoms with van der Waals surface area (Å²) in [6.07, 6.45) is -0.536. The monoisotopic (exact) mass is 360 g/mol. The van der Waals surface area contributed by atoms with E-state index in [1.165, 1.54) is 6.07 Å². The van der Waals surface area contributed by atoms with Gasteiger partial charge in [-0.25, -0.2) is 24.4 Å². The van der Waals surface area contributed by atoms with Crippen LogP contribution in [0.5, 0.6) is 0 Å². The number of sulfonamides is 1. The summed E-state index contributed by atoms with van der Waals surface area (Å²) >= 11 is 0. The van der Waals surface area contributed by atoms with Crippen LogP contribution < -0.4 is 32.4 Å². The van der Waals surface area contributed by atoms with Gasteiger partial charge in [-0.2, -0.15) is 11.1 Å². The Morgan fingerprint density at radius 1 is 1.04 bits per heavy atom. The van der Waals surface area contributed by atoms with Crippen molar-refractivity contribution < 1.29 is 13.2 Å². The van der Waals surface area contributed by atoms with Gasteiger partial charge in [-0.3, -0.25) is 4.79 Å². The van der Waals surface area contributed by atoms with Crippen molar-refractivity contribution in [2.45, 2.75) is 17.6 Å². The highest BCUT2D eigenvalue weighted by atomic mass is 32.2. The molecule has 0 radical (unpaired) electrons. The summed E-state index contributed by atoms with van der Waals surface area (Å²) in [7, 11) is -3.94. The molecule has 1 saturated heterocycles. The Labute approximate surface area is 143 Å². The molecule has 2 heterocycles. The van der Waals surface area contributed by atoms with Crippen LogP contribution in [0.1, 0.15) is 27.7 Å². The second-order valence-electron chi connectivity index (χ2n) is 5.79. The van der Waals surface area contributed by atoms with Gasteiger partial charge < -0.3 is 5.32 Å². The van der Waals surface area contributed by atoms with Crippen molar-refractivity contribution in [3.8, 4) is 11.1 Å². The van der Waals surface area contributed by atoms with E-state index in [2.05, 4.69) is 27.2 Å². The van der Waals surface area contributed by atoms with Crippen LogP contribution in [-0.4, -0.2) is 14.3 Å². The van der Waals surface area contributed by atoms with E-state index in [-0.39, 0.29) is 10.8 Å². The van der Waals surface area contributed by atoms with Crippen LogP contribution in [0.15, 0.2) is 41.3 Å². The number of fused-ring (bicyclic) bond motifs is 1. The molecule has 7 N–H and O–H groups in total. The molecular weight excluding hydrogens is 344 g/mol. The number of nitrogens with one attached hydrogen (secondary N) is 5. The average Bonchev–Trinajstić information content (AvgIpc) is 3.23. The molecule has 0 saturated carbocycles. The van der Waals surface area contributed by atoms with Crippen LogP contribution in [0, 0.1) is 0 Å². The van der Waals surface area contributed by atoms with Gasteiger partial charge in [0, 0.05) is 17.7 Å². The van der Waals surface area contributed by atoms with Gasteiger partial charge in [0.15, 0.2) is 0 Å². The quantitative estimate of drug-likeness (QED) is 0.428. The molecule has 2 aromatic rings. The maximum absolute atomic E-state index is 12.1. The second kappa shape index (κ2) is 5.88. The normalized spacial score (nSPS) is 17.6. The second-order valence-corrected chi connectivity index (χ2v) is 7.32. The maximum Gasteiger partial charge on any atom is 0.251 e. The van der Waals surface area contributed by atoms with Crippen molar-refractivity contribution in [3.05, 3.63) is 53.1 Å². The lowest BCUT2D eigenvalue weighted by molar-refractivity contribution is 0.0966. The predicted molar refractivity (Wildman–Crippen MR) is 89.7 cm³/mol. The molecule has 0 unspecified atom stereocenters. The Kier molecular flexibility index (Phi) is 3.80. The Balaban J connectivity index is 1.93. The number of hydrogen-bond acceptors (Lipinski definition) is 7. The number of amides is 1. The highest BCUT2D eigenvalue weighted by Crippen LogP contribution is 2.34. The molecule has 0 aromatic heterocycles. The van der Waals surface area contributed by atoms with Gasteiger partial charge >= 0.3 is 0 Å². The SMILES string of the molecule is NS(=O)(=O)c1cccc(-c2ccc3c(c2)C(=O)NC3)c1C1NNNN1. The summed E-state index contributed by atoms with van der Waals surface area (Å²) in [4.78, 5) is 11.9.